The summed E-state index contributed by atoms with van der Waals surface area (Å²) >= 11 is 0. The van der Waals surface area contributed by atoms with Crippen molar-refractivity contribution in [3.63, 3.8) is 0 Å². The number of rotatable bonds is 8. The highest BCUT2D eigenvalue weighted by Gasteiger charge is 2.13. The van der Waals surface area contributed by atoms with Crippen molar-refractivity contribution in [1.29, 1.82) is 0 Å². The Morgan fingerprint density at radius 3 is 3.00 bits per heavy atom. The molecule has 22 heavy (non-hydrogen) atoms. The topological polar surface area (TPSA) is 52.0 Å². The van der Waals surface area contributed by atoms with E-state index in [9.17, 15) is 4.79 Å². The zero-order chi connectivity index (χ0) is 15.6. The number of hydrogen-bond donors (Lipinski definition) is 2. The lowest BCUT2D eigenvalue weighted by atomic mass is 10.2. The third-order valence-electron chi connectivity index (χ3n) is 3.66. The van der Waals surface area contributed by atoms with E-state index in [0.29, 0.717) is 24.5 Å². The molecule has 2 N–H and O–H groups in total. The van der Waals surface area contributed by atoms with Crippen LogP contribution in [0.2, 0.25) is 0 Å². The van der Waals surface area contributed by atoms with Crippen LogP contribution >= 0.6 is 0 Å². The molecule has 1 aromatic rings. The van der Waals surface area contributed by atoms with Crippen LogP contribution in [0.25, 0.3) is 0 Å². The molecular formula is C17H25N2O3+. The minimum atomic E-state index is -0.0546. The van der Waals surface area contributed by atoms with Crippen molar-refractivity contribution in [3.05, 3.63) is 42.5 Å². The van der Waals surface area contributed by atoms with E-state index in [0.717, 1.165) is 39.3 Å². The lowest BCUT2D eigenvalue weighted by molar-refractivity contribution is -0.908. The monoisotopic (exact) mass is 305 g/mol. The highest BCUT2D eigenvalue weighted by molar-refractivity contribution is 5.94. The quantitative estimate of drug-likeness (QED) is 0.536. The Kier molecular flexibility index (Phi) is 6.93. The van der Waals surface area contributed by atoms with Crippen LogP contribution in [0.15, 0.2) is 36.9 Å². The second-order valence-electron chi connectivity index (χ2n) is 5.35. The van der Waals surface area contributed by atoms with Gasteiger partial charge in [-0.3, -0.25) is 4.79 Å². The van der Waals surface area contributed by atoms with Crippen LogP contribution in [0.1, 0.15) is 16.8 Å². The number of nitrogens with one attached hydrogen (secondary N) is 2. The highest BCUT2D eigenvalue weighted by Crippen LogP contribution is 2.13. The van der Waals surface area contributed by atoms with Crippen LogP contribution in [0.4, 0.5) is 0 Å². The van der Waals surface area contributed by atoms with Crippen LogP contribution in [-0.4, -0.2) is 51.9 Å². The van der Waals surface area contributed by atoms with Crippen LogP contribution in [0, 0.1) is 0 Å². The van der Waals surface area contributed by atoms with Gasteiger partial charge < -0.3 is 19.7 Å². The average Bonchev–Trinajstić information content (AvgIpc) is 2.58. The van der Waals surface area contributed by atoms with Gasteiger partial charge in [-0.05, 0) is 18.2 Å². The normalized spacial score (nSPS) is 15.3. The van der Waals surface area contributed by atoms with E-state index >= 15 is 0 Å². The van der Waals surface area contributed by atoms with Crippen LogP contribution in [0.5, 0.6) is 5.75 Å². The zero-order valence-electron chi connectivity index (χ0n) is 13.0. The molecule has 1 amide bonds. The number of quaternary nitrogens is 1. The van der Waals surface area contributed by atoms with Gasteiger partial charge >= 0.3 is 0 Å². The molecule has 0 atom stereocenters. The summed E-state index contributed by atoms with van der Waals surface area (Å²) in [5.41, 5.74) is 0.625. The lowest BCUT2D eigenvalue weighted by Crippen LogP contribution is -3.14. The van der Waals surface area contributed by atoms with E-state index in [1.54, 1.807) is 23.1 Å². The van der Waals surface area contributed by atoms with Gasteiger partial charge in [0.05, 0.1) is 19.8 Å². The molecule has 0 bridgehead atoms. The molecule has 5 nitrogen and oxygen atoms in total. The fourth-order valence-corrected chi connectivity index (χ4v) is 2.43. The SMILES string of the molecule is C=CCOc1cccc(C(=O)NCCC[NH+]2CCOCC2)c1. The van der Waals surface area contributed by atoms with Crippen molar-refractivity contribution in [2.75, 3.05) is 46.0 Å². The van der Waals surface area contributed by atoms with Crippen molar-refractivity contribution in [2.45, 2.75) is 6.42 Å². The average molecular weight is 305 g/mol. The molecule has 0 aromatic heterocycles. The summed E-state index contributed by atoms with van der Waals surface area (Å²) in [6.45, 7) is 9.64. The van der Waals surface area contributed by atoms with E-state index < -0.39 is 0 Å². The second-order valence-corrected chi connectivity index (χ2v) is 5.35. The van der Waals surface area contributed by atoms with E-state index in [2.05, 4.69) is 11.9 Å². The van der Waals surface area contributed by atoms with Crippen LogP contribution in [-0.2, 0) is 4.74 Å². The summed E-state index contributed by atoms with van der Waals surface area (Å²) < 4.78 is 10.8. The summed E-state index contributed by atoms with van der Waals surface area (Å²) in [6, 6.07) is 7.21. The van der Waals surface area contributed by atoms with Gasteiger partial charge in [-0.1, -0.05) is 18.7 Å². The Hall–Kier alpha value is -1.85. The summed E-state index contributed by atoms with van der Waals surface area (Å²) in [4.78, 5) is 13.7. The molecule has 0 unspecified atom stereocenters. The Bertz CT molecular complexity index is 485. The number of carbonyl (C=O) groups excluding carboxylic acids is 1. The van der Waals surface area contributed by atoms with E-state index in [1.807, 2.05) is 12.1 Å². The maximum absolute atomic E-state index is 12.1. The highest BCUT2D eigenvalue weighted by atomic mass is 16.5. The number of ether oxygens (including phenoxy) is 2. The number of amides is 1. The molecule has 1 aliphatic heterocycles. The van der Waals surface area contributed by atoms with Gasteiger partial charge in [0.1, 0.15) is 25.4 Å². The predicted octanol–water partition coefficient (Wildman–Crippen LogP) is 0.286. The van der Waals surface area contributed by atoms with Gasteiger partial charge in [0.25, 0.3) is 5.91 Å². The molecule has 0 spiro atoms. The molecular weight excluding hydrogens is 280 g/mol. The van der Waals surface area contributed by atoms with Crippen molar-refractivity contribution < 1.29 is 19.2 Å². The lowest BCUT2D eigenvalue weighted by Gasteiger charge is -2.23. The molecule has 1 saturated heterocycles. The first-order valence-corrected chi connectivity index (χ1v) is 7.83. The smallest absolute Gasteiger partial charge is 0.251 e. The maximum atomic E-state index is 12.1. The molecule has 0 saturated carbocycles. The first-order chi connectivity index (χ1) is 10.8. The molecule has 120 valence electrons. The summed E-state index contributed by atoms with van der Waals surface area (Å²) in [5.74, 6) is 0.631. The molecule has 1 aliphatic rings. The van der Waals surface area contributed by atoms with Gasteiger partial charge in [-0.15, -0.1) is 0 Å². The Labute approximate surface area is 131 Å². The largest absolute Gasteiger partial charge is 0.490 e. The Morgan fingerprint density at radius 1 is 1.41 bits per heavy atom. The summed E-state index contributed by atoms with van der Waals surface area (Å²) in [6.07, 6.45) is 2.66. The van der Waals surface area contributed by atoms with Crippen molar-refractivity contribution in [1.82, 2.24) is 5.32 Å². The van der Waals surface area contributed by atoms with E-state index in [1.165, 1.54) is 0 Å². The number of carbonyl (C=O) groups is 1. The van der Waals surface area contributed by atoms with Gasteiger partial charge in [-0.25, -0.2) is 0 Å². The van der Waals surface area contributed by atoms with Gasteiger partial charge in [0.2, 0.25) is 0 Å². The van der Waals surface area contributed by atoms with E-state index in [-0.39, 0.29) is 5.91 Å². The first kappa shape index (κ1) is 16.5. The van der Waals surface area contributed by atoms with Crippen molar-refractivity contribution in [2.24, 2.45) is 0 Å². The number of morpholine rings is 1. The maximum Gasteiger partial charge on any atom is 0.251 e. The van der Waals surface area contributed by atoms with Crippen LogP contribution in [0.3, 0.4) is 0 Å². The van der Waals surface area contributed by atoms with Gasteiger partial charge in [-0.2, -0.15) is 0 Å². The molecule has 0 radical (unpaired) electrons. The number of hydrogen-bond acceptors (Lipinski definition) is 3. The first-order valence-electron chi connectivity index (χ1n) is 7.83. The minimum Gasteiger partial charge on any atom is -0.490 e. The molecule has 5 heteroatoms. The minimum absolute atomic E-state index is 0.0546. The predicted molar refractivity (Wildman–Crippen MR) is 85.5 cm³/mol. The molecule has 1 heterocycles. The van der Waals surface area contributed by atoms with Gasteiger partial charge in [0, 0.05) is 18.5 Å². The molecule has 0 aliphatic carbocycles. The van der Waals surface area contributed by atoms with E-state index in [4.69, 9.17) is 9.47 Å². The zero-order valence-corrected chi connectivity index (χ0v) is 13.0. The van der Waals surface area contributed by atoms with Crippen LogP contribution < -0.4 is 15.0 Å². The third-order valence-corrected chi connectivity index (χ3v) is 3.66. The molecule has 2 rings (SSSR count). The molecule has 1 fully saturated rings. The van der Waals surface area contributed by atoms with Crippen molar-refractivity contribution >= 4 is 5.91 Å². The third kappa shape index (κ3) is 5.50. The summed E-state index contributed by atoms with van der Waals surface area (Å²) in [5, 5.41) is 2.96. The Morgan fingerprint density at radius 2 is 2.23 bits per heavy atom. The molecule has 1 aromatic carbocycles. The Balaban J connectivity index is 1.71. The fraction of sp³-hybridized carbons (Fsp3) is 0.471. The summed E-state index contributed by atoms with van der Waals surface area (Å²) in [7, 11) is 0. The van der Waals surface area contributed by atoms with Crippen molar-refractivity contribution in [3.8, 4) is 5.75 Å². The standard InChI is InChI=1S/C17H24N2O3/c1-2-11-22-16-6-3-5-15(14-16)17(20)18-7-4-8-19-9-12-21-13-10-19/h2-3,5-6,14H,1,4,7-13H2,(H,18,20)/p+1. The van der Waals surface area contributed by atoms with Gasteiger partial charge in [0.15, 0.2) is 0 Å². The fourth-order valence-electron chi connectivity index (χ4n) is 2.43. The second kappa shape index (κ2) is 9.23. The number of benzene rings is 1.